The average molecular weight is 200 g/mol. The Bertz CT molecular complexity index is 412. The maximum absolute atomic E-state index is 5.53. The quantitative estimate of drug-likeness (QED) is 0.725. The highest BCUT2D eigenvalue weighted by molar-refractivity contribution is 5.62. The second-order valence-corrected chi connectivity index (χ2v) is 4.27. The summed E-state index contributed by atoms with van der Waals surface area (Å²) < 4.78 is 5.53. The van der Waals surface area contributed by atoms with Crippen molar-refractivity contribution in [3.05, 3.63) is 48.4 Å². The molecule has 0 aliphatic carbocycles. The van der Waals surface area contributed by atoms with Gasteiger partial charge in [-0.15, -0.1) is 0 Å². The van der Waals surface area contributed by atoms with Gasteiger partial charge in [-0.05, 0) is 17.5 Å². The van der Waals surface area contributed by atoms with Crippen LogP contribution in [0, 0.1) is 5.92 Å². The van der Waals surface area contributed by atoms with E-state index in [0.717, 1.165) is 12.2 Å². The summed E-state index contributed by atoms with van der Waals surface area (Å²) in [5, 5.41) is 0. The molecule has 0 fully saturated rings. The first-order chi connectivity index (χ1) is 7.25. The van der Waals surface area contributed by atoms with Gasteiger partial charge in [-0.3, -0.25) is 0 Å². The molecule has 0 saturated carbocycles. The Morgan fingerprint density at radius 3 is 2.47 bits per heavy atom. The Labute approximate surface area is 90.7 Å². The molecule has 2 rings (SSSR count). The Kier molecular flexibility index (Phi) is 2.91. The van der Waals surface area contributed by atoms with E-state index in [1.54, 1.807) is 0 Å². The summed E-state index contributed by atoms with van der Waals surface area (Å²) in [7, 11) is 0. The number of furan rings is 1. The lowest BCUT2D eigenvalue weighted by Gasteiger charge is -1.98. The fraction of sp³-hybridized carbons (Fsp3) is 0.286. The van der Waals surface area contributed by atoms with Gasteiger partial charge in [0, 0.05) is 12.0 Å². The number of rotatable bonds is 3. The van der Waals surface area contributed by atoms with Crippen molar-refractivity contribution in [3.63, 3.8) is 0 Å². The fourth-order valence-corrected chi connectivity index (χ4v) is 1.67. The van der Waals surface area contributed by atoms with Crippen LogP contribution in [0.3, 0.4) is 0 Å². The van der Waals surface area contributed by atoms with Crippen LogP contribution >= 0.6 is 0 Å². The summed E-state index contributed by atoms with van der Waals surface area (Å²) >= 11 is 0. The Morgan fingerprint density at radius 2 is 1.80 bits per heavy atom. The van der Waals surface area contributed by atoms with Crippen molar-refractivity contribution < 1.29 is 4.42 Å². The second-order valence-electron chi connectivity index (χ2n) is 4.27. The van der Waals surface area contributed by atoms with Gasteiger partial charge in [0.25, 0.3) is 0 Å². The average Bonchev–Trinajstić information content (AvgIpc) is 2.67. The summed E-state index contributed by atoms with van der Waals surface area (Å²) in [5.74, 6) is 1.71. The lowest BCUT2D eigenvalue weighted by Crippen LogP contribution is -1.90. The molecule has 0 spiro atoms. The van der Waals surface area contributed by atoms with Crippen molar-refractivity contribution in [1.82, 2.24) is 0 Å². The number of hydrogen-bond donors (Lipinski definition) is 0. The fourth-order valence-electron chi connectivity index (χ4n) is 1.67. The van der Waals surface area contributed by atoms with Crippen LogP contribution < -0.4 is 0 Å². The predicted octanol–water partition coefficient (Wildman–Crippen LogP) is 4.15. The van der Waals surface area contributed by atoms with Crippen molar-refractivity contribution in [2.45, 2.75) is 20.3 Å². The molecule has 0 aliphatic rings. The largest absolute Gasteiger partial charge is 0.469 e. The van der Waals surface area contributed by atoms with E-state index in [-0.39, 0.29) is 0 Å². The van der Waals surface area contributed by atoms with Crippen molar-refractivity contribution >= 4 is 0 Å². The van der Waals surface area contributed by atoms with E-state index in [2.05, 4.69) is 32.0 Å². The van der Waals surface area contributed by atoms with E-state index < -0.39 is 0 Å². The SMILES string of the molecule is CC(C)Cc1cc(-c2ccccc2)co1. The lowest BCUT2D eigenvalue weighted by atomic mass is 10.1. The standard InChI is InChI=1S/C14H16O/c1-11(2)8-14-9-13(10-15-14)12-6-4-3-5-7-12/h3-7,9-11H,8H2,1-2H3. The first kappa shape index (κ1) is 10.0. The van der Waals surface area contributed by atoms with Gasteiger partial charge in [-0.2, -0.15) is 0 Å². The van der Waals surface area contributed by atoms with E-state index in [9.17, 15) is 0 Å². The number of benzene rings is 1. The van der Waals surface area contributed by atoms with Gasteiger partial charge >= 0.3 is 0 Å². The van der Waals surface area contributed by atoms with Crippen molar-refractivity contribution in [2.75, 3.05) is 0 Å². The molecule has 0 bridgehead atoms. The summed E-state index contributed by atoms with van der Waals surface area (Å²) in [6, 6.07) is 12.5. The van der Waals surface area contributed by atoms with Crippen LogP contribution in [0.2, 0.25) is 0 Å². The van der Waals surface area contributed by atoms with E-state index in [4.69, 9.17) is 4.42 Å². The third kappa shape index (κ3) is 2.50. The second kappa shape index (κ2) is 4.35. The summed E-state index contributed by atoms with van der Waals surface area (Å²) in [5.41, 5.74) is 2.39. The minimum absolute atomic E-state index is 0.639. The lowest BCUT2D eigenvalue weighted by molar-refractivity contribution is 0.473. The topological polar surface area (TPSA) is 13.1 Å². The zero-order chi connectivity index (χ0) is 10.7. The van der Waals surface area contributed by atoms with E-state index in [1.807, 2.05) is 24.5 Å². The first-order valence-corrected chi connectivity index (χ1v) is 5.38. The third-order valence-electron chi connectivity index (χ3n) is 2.37. The molecular weight excluding hydrogens is 184 g/mol. The van der Waals surface area contributed by atoms with Crippen molar-refractivity contribution in [2.24, 2.45) is 5.92 Å². The summed E-state index contributed by atoms with van der Waals surface area (Å²) in [6.45, 7) is 4.40. The van der Waals surface area contributed by atoms with Gasteiger partial charge < -0.3 is 4.42 Å². The molecule has 0 saturated heterocycles. The summed E-state index contributed by atoms with van der Waals surface area (Å²) in [4.78, 5) is 0. The number of hydrogen-bond acceptors (Lipinski definition) is 1. The molecule has 0 amide bonds. The molecule has 0 atom stereocenters. The van der Waals surface area contributed by atoms with Crippen molar-refractivity contribution in [1.29, 1.82) is 0 Å². The van der Waals surface area contributed by atoms with Crippen LogP contribution in [0.5, 0.6) is 0 Å². The molecule has 1 nitrogen and oxygen atoms in total. The van der Waals surface area contributed by atoms with Gasteiger partial charge in [0.05, 0.1) is 6.26 Å². The maximum Gasteiger partial charge on any atom is 0.104 e. The minimum Gasteiger partial charge on any atom is -0.469 e. The van der Waals surface area contributed by atoms with Crippen LogP contribution in [0.4, 0.5) is 0 Å². The van der Waals surface area contributed by atoms with Crippen LogP contribution in [0.25, 0.3) is 11.1 Å². The molecule has 0 radical (unpaired) electrons. The molecule has 0 unspecified atom stereocenters. The van der Waals surface area contributed by atoms with Crippen LogP contribution in [0.1, 0.15) is 19.6 Å². The van der Waals surface area contributed by atoms with Crippen LogP contribution in [-0.4, -0.2) is 0 Å². The normalized spacial score (nSPS) is 10.9. The van der Waals surface area contributed by atoms with Crippen LogP contribution in [0.15, 0.2) is 47.1 Å². The molecule has 15 heavy (non-hydrogen) atoms. The van der Waals surface area contributed by atoms with E-state index in [1.165, 1.54) is 11.1 Å². The zero-order valence-electron chi connectivity index (χ0n) is 9.23. The smallest absolute Gasteiger partial charge is 0.104 e. The van der Waals surface area contributed by atoms with Crippen LogP contribution in [-0.2, 0) is 6.42 Å². The zero-order valence-corrected chi connectivity index (χ0v) is 9.23. The van der Waals surface area contributed by atoms with Gasteiger partial charge in [0.15, 0.2) is 0 Å². The third-order valence-corrected chi connectivity index (χ3v) is 2.37. The summed E-state index contributed by atoms with van der Waals surface area (Å²) in [6.07, 6.45) is 2.85. The molecule has 0 N–H and O–H groups in total. The Morgan fingerprint density at radius 1 is 1.07 bits per heavy atom. The van der Waals surface area contributed by atoms with Crippen molar-refractivity contribution in [3.8, 4) is 11.1 Å². The first-order valence-electron chi connectivity index (χ1n) is 5.38. The molecule has 1 aromatic carbocycles. The maximum atomic E-state index is 5.53. The predicted molar refractivity (Wildman–Crippen MR) is 62.7 cm³/mol. The van der Waals surface area contributed by atoms with Gasteiger partial charge in [-0.25, -0.2) is 0 Å². The molecule has 1 heterocycles. The van der Waals surface area contributed by atoms with Gasteiger partial charge in [0.1, 0.15) is 5.76 Å². The highest BCUT2D eigenvalue weighted by atomic mass is 16.3. The monoisotopic (exact) mass is 200 g/mol. The van der Waals surface area contributed by atoms with Gasteiger partial charge in [-0.1, -0.05) is 44.2 Å². The molecular formula is C14H16O. The molecule has 2 aromatic rings. The Balaban J connectivity index is 2.21. The molecule has 1 aromatic heterocycles. The molecule has 1 heteroatoms. The highest BCUT2D eigenvalue weighted by Gasteiger charge is 2.05. The van der Waals surface area contributed by atoms with E-state index >= 15 is 0 Å². The van der Waals surface area contributed by atoms with Gasteiger partial charge in [0.2, 0.25) is 0 Å². The minimum atomic E-state index is 0.639. The molecule has 78 valence electrons. The highest BCUT2D eigenvalue weighted by Crippen LogP contribution is 2.22. The molecule has 0 aliphatic heterocycles. The Hall–Kier alpha value is -1.50. The van der Waals surface area contributed by atoms with E-state index in [0.29, 0.717) is 5.92 Å².